The van der Waals surface area contributed by atoms with Crippen molar-refractivity contribution >= 4 is 5.91 Å². The third-order valence-electron chi connectivity index (χ3n) is 3.81. The lowest BCUT2D eigenvalue weighted by Crippen LogP contribution is -2.27. The van der Waals surface area contributed by atoms with Gasteiger partial charge in [0, 0.05) is 12.0 Å². The van der Waals surface area contributed by atoms with Crippen LogP contribution in [0.1, 0.15) is 53.0 Å². The summed E-state index contributed by atoms with van der Waals surface area (Å²) in [6, 6.07) is 0. The van der Waals surface area contributed by atoms with Crippen molar-refractivity contribution in [1.82, 2.24) is 25.7 Å². The van der Waals surface area contributed by atoms with Crippen LogP contribution in [0.4, 0.5) is 0 Å². The molecule has 0 fully saturated rings. The molecule has 21 heavy (non-hydrogen) atoms. The van der Waals surface area contributed by atoms with Crippen molar-refractivity contribution in [3.63, 3.8) is 0 Å². The molecule has 7 nitrogen and oxygen atoms in total. The molecule has 3 rings (SSSR count). The predicted molar refractivity (Wildman–Crippen MR) is 75.7 cm³/mol. The normalized spacial score (nSPS) is 21.1. The van der Waals surface area contributed by atoms with Crippen molar-refractivity contribution in [3.05, 3.63) is 34.4 Å². The maximum atomic E-state index is 12.3. The van der Waals surface area contributed by atoms with Crippen LogP contribution in [0.3, 0.4) is 0 Å². The first-order chi connectivity index (χ1) is 10.1. The summed E-state index contributed by atoms with van der Waals surface area (Å²) in [7, 11) is 0. The van der Waals surface area contributed by atoms with Crippen LogP contribution in [0, 0.1) is 6.92 Å². The quantitative estimate of drug-likeness (QED) is 0.795. The molecule has 0 radical (unpaired) electrons. The Morgan fingerprint density at radius 1 is 1.48 bits per heavy atom. The number of hydrogen-bond donors (Lipinski definition) is 3. The smallest absolute Gasteiger partial charge is 0.272 e. The van der Waals surface area contributed by atoms with E-state index in [1.165, 1.54) is 0 Å². The van der Waals surface area contributed by atoms with Crippen LogP contribution in [0.5, 0.6) is 0 Å². The third kappa shape index (κ3) is 2.56. The van der Waals surface area contributed by atoms with Crippen molar-refractivity contribution < 1.29 is 9.53 Å². The molecule has 0 aliphatic carbocycles. The molecule has 2 aromatic rings. The number of hydrogen-bond acceptors (Lipinski definition) is 4. The fraction of sp³-hybridized carbons (Fsp3) is 0.500. The summed E-state index contributed by atoms with van der Waals surface area (Å²) in [4.78, 5) is 12.3. The van der Waals surface area contributed by atoms with Crippen LogP contribution in [0.2, 0.25) is 0 Å². The molecule has 0 aromatic carbocycles. The van der Waals surface area contributed by atoms with E-state index in [0.29, 0.717) is 18.7 Å². The van der Waals surface area contributed by atoms with Gasteiger partial charge in [0.1, 0.15) is 0 Å². The summed E-state index contributed by atoms with van der Waals surface area (Å²) in [5, 5.41) is 16.8. The molecular weight excluding hydrogens is 270 g/mol. The Bertz CT molecular complexity index is 660. The minimum absolute atomic E-state index is 0.0624. The van der Waals surface area contributed by atoms with Gasteiger partial charge in [0.2, 0.25) is 0 Å². The molecule has 112 valence electrons. The molecule has 1 amide bonds. The number of aromatic nitrogens is 4. The zero-order valence-electron chi connectivity index (χ0n) is 12.4. The fourth-order valence-electron chi connectivity index (χ4n) is 2.67. The second-order valence-electron chi connectivity index (χ2n) is 5.47. The van der Waals surface area contributed by atoms with E-state index in [1.807, 2.05) is 20.8 Å². The number of aryl methyl sites for hydroxylation is 1. The first-order valence-electron chi connectivity index (χ1n) is 7.06. The van der Waals surface area contributed by atoms with Gasteiger partial charge in [-0.1, -0.05) is 0 Å². The molecule has 0 saturated carbocycles. The molecule has 3 heterocycles. The lowest BCUT2D eigenvalue weighted by atomic mass is 9.99. The molecule has 0 saturated heterocycles. The zero-order chi connectivity index (χ0) is 15.0. The summed E-state index contributed by atoms with van der Waals surface area (Å²) in [5.41, 5.74) is 4.24. The average Bonchev–Trinajstić information content (AvgIpc) is 3.02. The number of ether oxygens (including phenoxy) is 1. The Morgan fingerprint density at radius 2 is 2.29 bits per heavy atom. The van der Waals surface area contributed by atoms with E-state index in [4.69, 9.17) is 4.74 Å². The van der Waals surface area contributed by atoms with E-state index in [2.05, 4.69) is 25.7 Å². The number of aromatic amines is 2. The van der Waals surface area contributed by atoms with Gasteiger partial charge in [0.25, 0.3) is 5.91 Å². The highest BCUT2D eigenvalue weighted by Crippen LogP contribution is 2.29. The molecule has 7 heteroatoms. The summed E-state index contributed by atoms with van der Waals surface area (Å²) in [5.74, 6) is -0.178. The first-order valence-corrected chi connectivity index (χ1v) is 7.06. The van der Waals surface area contributed by atoms with Crippen molar-refractivity contribution in [2.45, 2.75) is 45.9 Å². The largest absolute Gasteiger partial charge is 0.369 e. The Hall–Kier alpha value is -2.15. The van der Waals surface area contributed by atoms with Crippen molar-refractivity contribution in [2.24, 2.45) is 0 Å². The number of fused-ring (bicyclic) bond motifs is 1. The summed E-state index contributed by atoms with van der Waals surface area (Å²) in [6.45, 7) is 6.32. The standard InChI is InChI=1S/C14H19N5O2/c1-7-5-16-17-11(7)6-15-14(20)13-10-4-8(2)21-9(3)12(10)18-19-13/h5,8-9H,4,6H2,1-3H3,(H,15,20)(H,16,17)(H,18,19)/t8-,9+/m1/s1. The third-order valence-corrected chi connectivity index (χ3v) is 3.81. The van der Waals surface area contributed by atoms with Gasteiger partial charge in [-0.2, -0.15) is 10.2 Å². The number of H-pyrrole nitrogens is 2. The Balaban J connectivity index is 1.75. The van der Waals surface area contributed by atoms with Crippen LogP contribution in [0.25, 0.3) is 0 Å². The fourth-order valence-corrected chi connectivity index (χ4v) is 2.67. The van der Waals surface area contributed by atoms with Crippen LogP contribution in [0.15, 0.2) is 6.20 Å². The second-order valence-corrected chi connectivity index (χ2v) is 5.47. The molecular formula is C14H19N5O2. The van der Waals surface area contributed by atoms with Gasteiger partial charge in [-0.25, -0.2) is 0 Å². The van der Waals surface area contributed by atoms with E-state index >= 15 is 0 Å². The summed E-state index contributed by atoms with van der Waals surface area (Å²) < 4.78 is 5.72. The minimum atomic E-state index is -0.178. The van der Waals surface area contributed by atoms with Crippen LogP contribution in [-0.2, 0) is 17.7 Å². The van der Waals surface area contributed by atoms with E-state index < -0.39 is 0 Å². The molecule has 2 atom stereocenters. The molecule has 0 bridgehead atoms. The van der Waals surface area contributed by atoms with E-state index in [0.717, 1.165) is 22.5 Å². The first kappa shape index (κ1) is 13.8. The SMILES string of the molecule is Cc1cn[nH]c1CNC(=O)c1n[nH]c2c1C[C@@H](C)O[C@H]2C. The predicted octanol–water partition coefficient (Wildman–Crippen LogP) is 1.39. The number of carbonyl (C=O) groups excluding carboxylic acids is 1. The molecule has 1 aliphatic heterocycles. The lowest BCUT2D eigenvalue weighted by molar-refractivity contribution is -0.00697. The Morgan fingerprint density at radius 3 is 3.00 bits per heavy atom. The van der Waals surface area contributed by atoms with Crippen molar-refractivity contribution in [3.8, 4) is 0 Å². The average molecular weight is 289 g/mol. The van der Waals surface area contributed by atoms with E-state index in [9.17, 15) is 4.79 Å². The van der Waals surface area contributed by atoms with Gasteiger partial charge in [-0.3, -0.25) is 15.0 Å². The Labute approximate surface area is 122 Å². The maximum Gasteiger partial charge on any atom is 0.272 e. The van der Waals surface area contributed by atoms with Gasteiger partial charge >= 0.3 is 0 Å². The number of carbonyl (C=O) groups is 1. The zero-order valence-corrected chi connectivity index (χ0v) is 12.4. The monoisotopic (exact) mass is 289 g/mol. The highest BCUT2D eigenvalue weighted by Gasteiger charge is 2.29. The van der Waals surface area contributed by atoms with E-state index in [1.54, 1.807) is 6.20 Å². The van der Waals surface area contributed by atoms with E-state index in [-0.39, 0.29) is 18.1 Å². The molecule has 3 N–H and O–H groups in total. The maximum absolute atomic E-state index is 12.3. The van der Waals surface area contributed by atoms with Gasteiger partial charge in [-0.15, -0.1) is 0 Å². The van der Waals surface area contributed by atoms with Crippen molar-refractivity contribution in [1.29, 1.82) is 0 Å². The summed E-state index contributed by atoms with van der Waals surface area (Å²) in [6.07, 6.45) is 2.46. The number of amides is 1. The highest BCUT2D eigenvalue weighted by atomic mass is 16.5. The lowest BCUT2D eigenvalue weighted by Gasteiger charge is -2.25. The highest BCUT2D eigenvalue weighted by molar-refractivity contribution is 5.94. The minimum Gasteiger partial charge on any atom is -0.369 e. The molecule has 2 aromatic heterocycles. The van der Waals surface area contributed by atoms with Crippen LogP contribution >= 0.6 is 0 Å². The summed E-state index contributed by atoms with van der Waals surface area (Å²) >= 11 is 0. The number of rotatable bonds is 3. The number of nitrogens with one attached hydrogen (secondary N) is 3. The van der Waals surface area contributed by atoms with Crippen LogP contribution < -0.4 is 5.32 Å². The van der Waals surface area contributed by atoms with Crippen molar-refractivity contribution in [2.75, 3.05) is 0 Å². The molecule has 1 aliphatic rings. The molecule has 0 spiro atoms. The van der Waals surface area contributed by atoms with Gasteiger partial charge in [-0.05, 0) is 26.3 Å². The number of nitrogens with zero attached hydrogens (tertiary/aromatic N) is 2. The van der Waals surface area contributed by atoms with Gasteiger partial charge in [0.05, 0.1) is 36.3 Å². The van der Waals surface area contributed by atoms with Gasteiger partial charge < -0.3 is 10.1 Å². The molecule has 0 unspecified atom stereocenters. The second kappa shape index (κ2) is 5.33. The topological polar surface area (TPSA) is 95.7 Å². The van der Waals surface area contributed by atoms with Gasteiger partial charge in [0.15, 0.2) is 5.69 Å². The van der Waals surface area contributed by atoms with Crippen LogP contribution in [-0.4, -0.2) is 32.4 Å². The Kier molecular flexibility index (Phi) is 3.50.